The molecule has 0 atom stereocenters. The van der Waals surface area contributed by atoms with Gasteiger partial charge in [-0.3, -0.25) is 0 Å². The first-order valence-corrected chi connectivity index (χ1v) is 0. The Morgan fingerprint density at radius 3 is 0.286 bits per heavy atom. The Morgan fingerprint density at radius 1 is 0.286 bits per heavy atom. The fraction of sp³-hybridized carbons (Fsp3) is 0. The van der Waals surface area contributed by atoms with Crippen LogP contribution in [0.5, 0.6) is 0 Å². The van der Waals surface area contributed by atoms with Crippen LogP contribution in [0.3, 0.4) is 0 Å². The van der Waals surface area contributed by atoms with Gasteiger partial charge in [-0.2, -0.15) is 0 Å². The van der Waals surface area contributed by atoms with Crippen molar-refractivity contribution >= 4 is 0 Å². The van der Waals surface area contributed by atoms with Gasteiger partial charge >= 0.3 is 0 Å². The molecule has 0 fully saturated rings. The van der Waals surface area contributed by atoms with Crippen molar-refractivity contribution in [2.75, 3.05) is 0 Å². The van der Waals surface area contributed by atoms with E-state index in [4.69, 9.17) is 0 Å². The van der Waals surface area contributed by atoms with E-state index in [0.29, 0.717) is 0 Å². The van der Waals surface area contributed by atoms with Crippen LogP contribution in [0.1, 0.15) is 0 Å². The minimum atomic E-state index is 0. The molecule has 7 heavy (non-hydrogen) atoms. The number of hydrogen-bond donors (Lipinski definition) is 0. The minimum Gasteiger partial charge on any atom is 0 e. The first-order valence-electron chi connectivity index (χ1n) is 0. The third-order valence-electron chi connectivity index (χ3n) is 0. The summed E-state index contributed by atoms with van der Waals surface area (Å²) in [5, 5.41) is 0. The smallest absolute Gasteiger partial charge is 0 e. The summed E-state index contributed by atoms with van der Waals surface area (Å²) in [5.41, 5.74) is 0. The molecule has 0 aromatic heterocycles. The Morgan fingerprint density at radius 2 is 0.286 bits per heavy atom. The molecule has 0 rings (SSSR count). The van der Waals surface area contributed by atoms with Crippen LogP contribution >= 0.6 is 0 Å². The molecule has 0 saturated carbocycles. The van der Waals surface area contributed by atoms with E-state index in [1.807, 2.05) is 0 Å². The van der Waals surface area contributed by atoms with Crippen LogP contribution < -0.4 is 0 Å². The zero-order chi connectivity index (χ0) is 0. The monoisotopic (exact) mass is 808 g/mol. The molecule has 7 heteroatoms. The summed E-state index contributed by atoms with van der Waals surface area (Å²) >= 11 is 0. The molecule has 59 valence electrons. The first kappa shape index (κ1) is 48.8. The van der Waals surface area contributed by atoms with Gasteiger partial charge in [-0.05, 0) is 0 Å². The van der Waals surface area contributed by atoms with Crippen LogP contribution in [0, 0.1) is 160 Å². The van der Waals surface area contributed by atoms with E-state index < -0.39 is 0 Å². The van der Waals surface area contributed by atoms with E-state index in [2.05, 4.69) is 0 Å². The van der Waals surface area contributed by atoms with Crippen LogP contribution in [-0.2, 0) is 50.3 Å². The fourth-order valence-corrected chi connectivity index (χ4v) is 0. The van der Waals surface area contributed by atoms with Crippen molar-refractivity contribution < 1.29 is 210 Å². The molecule has 3 radical (unpaired) electrons. The summed E-state index contributed by atoms with van der Waals surface area (Å²) in [6.45, 7) is 0. The van der Waals surface area contributed by atoms with Crippen molar-refractivity contribution in [1.29, 1.82) is 0 Å². The van der Waals surface area contributed by atoms with Gasteiger partial charge in [0.25, 0.3) is 0 Å². The third-order valence-corrected chi connectivity index (χ3v) is 0. The molecule has 0 aliphatic heterocycles. The quantitative estimate of drug-likeness (QED) is 0.324. The van der Waals surface area contributed by atoms with Gasteiger partial charge in [-0.25, -0.2) is 0 Å². The van der Waals surface area contributed by atoms with Crippen LogP contribution in [0.4, 0.5) is 0 Å². The van der Waals surface area contributed by atoms with Gasteiger partial charge < -0.3 is 0 Å². The van der Waals surface area contributed by atoms with E-state index >= 15 is 0 Å². The van der Waals surface area contributed by atoms with Crippen molar-refractivity contribution in [2.45, 2.75) is 0 Å². The SMILES string of the molecule is [Co].[Co].[Co].[Gd].[Gd].[Gd].[Gd]. The van der Waals surface area contributed by atoms with E-state index in [0.717, 1.165) is 0 Å². The summed E-state index contributed by atoms with van der Waals surface area (Å²) in [6, 6.07) is 0. The maximum Gasteiger partial charge on any atom is 0 e. The maximum atomic E-state index is 0. The minimum absolute atomic E-state index is 0. The number of hydrogen-bond acceptors (Lipinski definition) is 0. The Hall–Kier alpha value is 6.82. The molecule has 0 N–H and O–H groups in total. The molecule has 0 amide bonds. The third kappa shape index (κ3) is 32.3. The van der Waals surface area contributed by atoms with Crippen LogP contribution in [-0.4, -0.2) is 0 Å². The average molecular weight is 806 g/mol. The zero-order valence-electron chi connectivity index (χ0n) is 2.41. The summed E-state index contributed by atoms with van der Waals surface area (Å²) in [4.78, 5) is 0. The molecule has 0 bridgehead atoms. The van der Waals surface area contributed by atoms with Crippen LogP contribution in [0.25, 0.3) is 0 Å². The van der Waals surface area contributed by atoms with Crippen molar-refractivity contribution in [1.82, 2.24) is 0 Å². The Labute approximate surface area is 203 Å². The second-order valence-electron chi connectivity index (χ2n) is 0. The van der Waals surface area contributed by atoms with Crippen LogP contribution in [0.15, 0.2) is 0 Å². The van der Waals surface area contributed by atoms with Crippen molar-refractivity contribution in [3.8, 4) is 0 Å². The summed E-state index contributed by atoms with van der Waals surface area (Å²) in [7, 11) is 0. The Kier molecular flexibility index (Phi) is 269. The molecule has 0 aromatic carbocycles. The van der Waals surface area contributed by atoms with Gasteiger partial charge in [0.05, 0.1) is 0 Å². The van der Waals surface area contributed by atoms with E-state index in [1.165, 1.54) is 0 Å². The van der Waals surface area contributed by atoms with Crippen molar-refractivity contribution in [2.24, 2.45) is 0 Å². The van der Waals surface area contributed by atoms with E-state index in [1.54, 1.807) is 0 Å². The Balaban J connectivity index is 0. The molecule has 0 aromatic rings. The van der Waals surface area contributed by atoms with E-state index in [-0.39, 0.29) is 210 Å². The normalized spacial score (nSPS) is 0. The van der Waals surface area contributed by atoms with Gasteiger partial charge in [0.2, 0.25) is 0 Å². The molecule has 0 aliphatic rings. The molecule has 0 saturated heterocycles. The van der Waals surface area contributed by atoms with Gasteiger partial charge in [0.1, 0.15) is 0 Å². The van der Waals surface area contributed by atoms with Gasteiger partial charge in [0, 0.05) is 210 Å². The maximum absolute atomic E-state index is 0. The molecular formula is Co3Gd4. The van der Waals surface area contributed by atoms with Gasteiger partial charge in [0.15, 0.2) is 0 Å². The van der Waals surface area contributed by atoms with Crippen LogP contribution in [0.2, 0.25) is 0 Å². The molecule has 0 unspecified atom stereocenters. The molecule has 0 heterocycles. The molecule has 0 nitrogen and oxygen atoms in total. The van der Waals surface area contributed by atoms with Gasteiger partial charge in [-0.1, -0.05) is 0 Å². The molecule has 0 aliphatic carbocycles. The summed E-state index contributed by atoms with van der Waals surface area (Å²) in [5.74, 6) is 0. The second-order valence-corrected chi connectivity index (χ2v) is 0. The molecular weight excluding hydrogens is 806 g/mol. The number of rotatable bonds is 0. The predicted molar refractivity (Wildman–Crippen MR) is 0 cm³/mol. The topological polar surface area (TPSA) is 0 Å². The Bertz CT molecular complexity index is 6.90. The van der Waals surface area contributed by atoms with Crippen molar-refractivity contribution in [3.63, 3.8) is 0 Å². The van der Waals surface area contributed by atoms with E-state index in [9.17, 15) is 0 Å². The summed E-state index contributed by atoms with van der Waals surface area (Å²) < 4.78 is 0. The average Bonchev–Trinajstić information content (AvgIpc) is 0. The fourth-order valence-electron chi connectivity index (χ4n) is 0. The standard InChI is InChI=1S/3Co.4Gd. The van der Waals surface area contributed by atoms with Crippen molar-refractivity contribution in [3.05, 3.63) is 0 Å². The molecule has 0 spiro atoms. The summed E-state index contributed by atoms with van der Waals surface area (Å²) in [6.07, 6.45) is 0. The second kappa shape index (κ2) is 38.5. The van der Waals surface area contributed by atoms with Gasteiger partial charge in [-0.15, -0.1) is 0 Å². The predicted octanol–water partition coefficient (Wildman–Crippen LogP) is -0.00750. The largest absolute Gasteiger partial charge is 0 e. The first-order chi connectivity index (χ1) is 0. The zero-order valence-corrected chi connectivity index (χ0v) is 14.6.